The third-order valence-electron chi connectivity index (χ3n) is 4.11. The zero-order valence-electron chi connectivity index (χ0n) is 13.5. The van der Waals surface area contributed by atoms with Crippen LogP contribution in [0.25, 0.3) is 0 Å². The number of nitrogens with zero attached hydrogens (tertiary/aromatic N) is 1. The molecule has 1 saturated heterocycles. The number of ether oxygens (including phenoxy) is 3. The molecule has 0 bridgehead atoms. The highest BCUT2D eigenvalue weighted by Crippen LogP contribution is 2.33. The van der Waals surface area contributed by atoms with E-state index in [0.29, 0.717) is 36.4 Å². The maximum atomic E-state index is 12.9. The summed E-state index contributed by atoms with van der Waals surface area (Å²) in [4.78, 5) is 26.0. The Hall–Kier alpha value is -2.28. The van der Waals surface area contributed by atoms with Crippen LogP contribution in [0.1, 0.15) is 23.2 Å². The number of aliphatic carboxylic acids is 1. The molecule has 0 radical (unpaired) electrons. The van der Waals surface area contributed by atoms with E-state index in [9.17, 15) is 14.7 Å². The van der Waals surface area contributed by atoms with Crippen molar-refractivity contribution in [1.82, 2.24) is 4.90 Å². The molecule has 1 heterocycles. The maximum absolute atomic E-state index is 12.9. The number of hydrogen-bond acceptors (Lipinski definition) is 5. The van der Waals surface area contributed by atoms with E-state index in [1.54, 1.807) is 18.2 Å². The molecule has 1 N–H and O–H groups in total. The Morgan fingerprint density at radius 2 is 1.78 bits per heavy atom. The molecule has 0 saturated carbocycles. The topological polar surface area (TPSA) is 85.3 Å². The van der Waals surface area contributed by atoms with Gasteiger partial charge in [0.05, 0.1) is 20.8 Å². The Morgan fingerprint density at radius 1 is 1.17 bits per heavy atom. The second-order valence-corrected chi connectivity index (χ2v) is 5.43. The largest absolute Gasteiger partial charge is 0.497 e. The van der Waals surface area contributed by atoms with Crippen LogP contribution in [0.15, 0.2) is 18.2 Å². The predicted molar refractivity (Wildman–Crippen MR) is 82.1 cm³/mol. The fourth-order valence-corrected chi connectivity index (χ4v) is 2.93. The molecular weight excluding hydrogens is 302 g/mol. The first-order valence-corrected chi connectivity index (χ1v) is 7.26. The van der Waals surface area contributed by atoms with E-state index >= 15 is 0 Å². The van der Waals surface area contributed by atoms with Crippen LogP contribution in [-0.4, -0.2) is 61.9 Å². The Kier molecular flexibility index (Phi) is 5.10. The first-order valence-electron chi connectivity index (χ1n) is 7.26. The van der Waals surface area contributed by atoms with Gasteiger partial charge < -0.3 is 24.2 Å². The van der Waals surface area contributed by atoms with Crippen molar-refractivity contribution in [2.75, 3.05) is 34.5 Å². The number of likely N-dealkylation sites (tertiary alicyclic amines) is 1. The fourth-order valence-electron chi connectivity index (χ4n) is 2.93. The van der Waals surface area contributed by atoms with Gasteiger partial charge in [-0.25, -0.2) is 4.79 Å². The summed E-state index contributed by atoms with van der Waals surface area (Å²) in [7, 11) is 4.41. The minimum atomic E-state index is -1.33. The van der Waals surface area contributed by atoms with E-state index in [2.05, 4.69) is 0 Å². The van der Waals surface area contributed by atoms with Gasteiger partial charge in [-0.15, -0.1) is 0 Å². The van der Waals surface area contributed by atoms with E-state index in [4.69, 9.17) is 14.2 Å². The minimum Gasteiger partial charge on any atom is -0.497 e. The van der Waals surface area contributed by atoms with Gasteiger partial charge in [0.1, 0.15) is 11.5 Å². The van der Waals surface area contributed by atoms with Crippen LogP contribution in [0, 0.1) is 0 Å². The van der Waals surface area contributed by atoms with Crippen LogP contribution >= 0.6 is 0 Å². The van der Waals surface area contributed by atoms with Crippen molar-refractivity contribution in [2.45, 2.75) is 18.4 Å². The molecule has 0 aliphatic carbocycles. The number of benzene rings is 1. The third-order valence-corrected chi connectivity index (χ3v) is 4.11. The van der Waals surface area contributed by atoms with Crippen molar-refractivity contribution >= 4 is 11.9 Å². The molecule has 1 unspecified atom stereocenters. The molecule has 1 aliphatic rings. The number of amides is 1. The normalized spacial score (nSPS) is 20.4. The summed E-state index contributed by atoms with van der Waals surface area (Å²) in [6.07, 6.45) is 0.978. The lowest BCUT2D eigenvalue weighted by molar-refractivity contribution is -0.151. The summed E-state index contributed by atoms with van der Waals surface area (Å²) < 4.78 is 15.4. The van der Waals surface area contributed by atoms with E-state index < -0.39 is 11.5 Å². The van der Waals surface area contributed by atoms with Crippen LogP contribution in [0.4, 0.5) is 0 Å². The predicted octanol–water partition coefficient (Wildman–Crippen LogP) is 1.41. The number of carbonyl (C=O) groups excluding carboxylic acids is 1. The molecular formula is C16H21NO6. The number of methoxy groups -OCH3 is 3. The number of rotatable bonds is 6. The van der Waals surface area contributed by atoms with Crippen molar-refractivity contribution in [2.24, 2.45) is 0 Å². The van der Waals surface area contributed by atoms with Gasteiger partial charge in [0.2, 0.25) is 0 Å². The highest BCUT2D eigenvalue weighted by atomic mass is 16.5. The summed E-state index contributed by atoms with van der Waals surface area (Å²) in [5.41, 5.74) is -1.01. The lowest BCUT2D eigenvalue weighted by atomic mass is 9.96. The zero-order chi connectivity index (χ0) is 17.0. The molecule has 7 nitrogen and oxygen atoms in total. The maximum Gasteiger partial charge on any atom is 0.332 e. The molecule has 1 amide bonds. The Balaban J connectivity index is 2.40. The standard InChI is InChI=1S/C16H21NO6/c1-21-10-16(15(19)20)5-4-6-17(16)14(18)11-7-12(22-2)9-13(8-11)23-3/h7-9H,4-6,10H2,1-3H3,(H,19,20). The fraction of sp³-hybridized carbons (Fsp3) is 0.500. The lowest BCUT2D eigenvalue weighted by Gasteiger charge is -2.34. The number of carbonyl (C=O) groups is 2. The van der Waals surface area contributed by atoms with Crippen molar-refractivity contribution < 1.29 is 28.9 Å². The van der Waals surface area contributed by atoms with Gasteiger partial charge in [0.15, 0.2) is 5.54 Å². The summed E-state index contributed by atoms with van der Waals surface area (Å²) in [6, 6.07) is 4.80. The SMILES string of the molecule is COCC1(C(=O)O)CCCN1C(=O)c1cc(OC)cc(OC)c1. The summed E-state index contributed by atoms with van der Waals surface area (Å²) in [6.45, 7) is 0.323. The molecule has 2 rings (SSSR count). The van der Waals surface area contributed by atoms with Gasteiger partial charge >= 0.3 is 5.97 Å². The van der Waals surface area contributed by atoms with Crippen molar-refractivity contribution in [3.63, 3.8) is 0 Å². The highest BCUT2D eigenvalue weighted by molar-refractivity contribution is 5.99. The Morgan fingerprint density at radius 3 is 2.26 bits per heavy atom. The molecule has 1 aliphatic heterocycles. The number of hydrogen-bond donors (Lipinski definition) is 1. The lowest BCUT2D eigenvalue weighted by Crippen LogP contribution is -2.56. The number of carboxylic acid groups (broad SMARTS) is 1. The molecule has 1 fully saturated rings. The van der Waals surface area contributed by atoms with Crippen LogP contribution < -0.4 is 9.47 Å². The second kappa shape index (κ2) is 6.87. The van der Waals surface area contributed by atoms with E-state index in [1.165, 1.54) is 26.2 Å². The molecule has 1 atom stereocenters. The van der Waals surface area contributed by atoms with Gasteiger partial charge in [-0.05, 0) is 25.0 Å². The molecule has 23 heavy (non-hydrogen) atoms. The first-order chi connectivity index (χ1) is 11.0. The summed E-state index contributed by atoms with van der Waals surface area (Å²) in [5, 5.41) is 9.64. The van der Waals surface area contributed by atoms with Crippen LogP contribution in [-0.2, 0) is 9.53 Å². The first kappa shape index (κ1) is 17.1. The third kappa shape index (κ3) is 3.10. The molecule has 7 heteroatoms. The second-order valence-electron chi connectivity index (χ2n) is 5.43. The quantitative estimate of drug-likeness (QED) is 0.852. The van der Waals surface area contributed by atoms with E-state index in [-0.39, 0.29) is 12.5 Å². The molecule has 1 aromatic carbocycles. The zero-order valence-corrected chi connectivity index (χ0v) is 13.5. The monoisotopic (exact) mass is 323 g/mol. The van der Waals surface area contributed by atoms with Crippen LogP contribution in [0.3, 0.4) is 0 Å². The van der Waals surface area contributed by atoms with Gasteiger partial charge in [-0.2, -0.15) is 0 Å². The average molecular weight is 323 g/mol. The van der Waals surface area contributed by atoms with Gasteiger partial charge in [-0.3, -0.25) is 4.79 Å². The van der Waals surface area contributed by atoms with Crippen LogP contribution in [0.5, 0.6) is 11.5 Å². The van der Waals surface area contributed by atoms with Gasteiger partial charge in [0, 0.05) is 25.3 Å². The Bertz CT molecular complexity index is 580. The van der Waals surface area contributed by atoms with Crippen molar-refractivity contribution in [3.05, 3.63) is 23.8 Å². The molecule has 1 aromatic rings. The van der Waals surface area contributed by atoms with E-state index in [0.717, 1.165) is 0 Å². The van der Waals surface area contributed by atoms with Crippen molar-refractivity contribution in [1.29, 1.82) is 0 Å². The van der Waals surface area contributed by atoms with Crippen molar-refractivity contribution in [3.8, 4) is 11.5 Å². The molecule has 0 aromatic heterocycles. The smallest absolute Gasteiger partial charge is 0.332 e. The number of carboxylic acids is 1. The molecule has 0 spiro atoms. The van der Waals surface area contributed by atoms with Crippen LogP contribution in [0.2, 0.25) is 0 Å². The molecule has 126 valence electrons. The van der Waals surface area contributed by atoms with Gasteiger partial charge in [-0.1, -0.05) is 0 Å². The van der Waals surface area contributed by atoms with Gasteiger partial charge in [0.25, 0.3) is 5.91 Å². The summed E-state index contributed by atoms with van der Waals surface area (Å²) in [5.74, 6) is -0.488. The minimum absolute atomic E-state index is 0.0465. The van der Waals surface area contributed by atoms with E-state index in [1.807, 2.05) is 0 Å². The highest BCUT2D eigenvalue weighted by Gasteiger charge is 2.50. The Labute approximate surface area is 134 Å². The summed E-state index contributed by atoms with van der Waals surface area (Å²) >= 11 is 0. The average Bonchev–Trinajstić information content (AvgIpc) is 2.99.